The summed E-state index contributed by atoms with van der Waals surface area (Å²) in [5, 5.41) is 9.87. The number of aliphatic hydroxyl groups excluding tert-OH is 1. The van der Waals surface area contributed by atoms with Crippen LogP contribution >= 0.6 is 15.9 Å². The Labute approximate surface area is 106 Å². The van der Waals surface area contributed by atoms with Crippen LogP contribution in [0.4, 0.5) is 0 Å². The zero-order valence-electron chi connectivity index (χ0n) is 10.0. The lowest BCUT2D eigenvalue weighted by molar-refractivity contribution is 0.127. The SMILES string of the molecule is CC(C)(C)c1ccc(OC[C@@H](O)CBr)cc1. The molecule has 1 N–H and O–H groups in total. The molecule has 1 aromatic rings. The quantitative estimate of drug-likeness (QED) is 0.862. The predicted octanol–water partition coefficient (Wildman–Crippen LogP) is 3.12. The van der Waals surface area contributed by atoms with Gasteiger partial charge in [-0.1, -0.05) is 48.8 Å². The maximum absolute atomic E-state index is 9.33. The molecule has 0 amide bonds. The van der Waals surface area contributed by atoms with E-state index in [2.05, 4.69) is 48.8 Å². The number of benzene rings is 1. The van der Waals surface area contributed by atoms with Crippen LogP contribution in [0, 0.1) is 0 Å². The van der Waals surface area contributed by atoms with Gasteiger partial charge in [0.25, 0.3) is 0 Å². The van der Waals surface area contributed by atoms with Gasteiger partial charge in [0.1, 0.15) is 12.4 Å². The fourth-order valence-corrected chi connectivity index (χ4v) is 1.48. The van der Waals surface area contributed by atoms with Crippen molar-refractivity contribution in [2.75, 3.05) is 11.9 Å². The van der Waals surface area contributed by atoms with Gasteiger partial charge in [0.2, 0.25) is 0 Å². The van der Waals surface area contributed by atoms with Crippen LogP contribution in [0.25, 0.3) is 0 Å². The molecule has 90 valence electrons. The first-order valence-electron chi connectivity index (χ1n) is 5.41. The summed E-state index contributed by atoms with van der Waals surface area (Å²) in [6, 6.07) is 8.02. The number of alkyl halides is 1. The first-order chi connectivity index (χ1) is 7.43. The van der Waals surface area contributed by atoms with Crippen LogP contribution in [0.1, 0.15) is 26.3 Å². The van der Waals surface area contributed by atoms with Crippen LogP contribution in [-0.4, -0.2) is 23.1 Å². The third-order valence-electron chi connectivity index (χ3n) is 2.34. The first kappa shape index (κ1) is 13.5. The molecular weight excluding hydrogens is 268 g/mol. The Morgan fingerprint density at radius 1 is 1.25 bits per heavy atom. The summed E-state index contributed by atoms with van der Waals surface area (Å²) >= 11 is 3.20. The molecule has 2 nitrogen and oxygen atoms in total. The predicted molar refractivity (Wildman–Crippen MR) is 70.4 cm³/mol. The molecular formula is C13H19BrO2. The van der Waals surface area contributed by atoms with Crippen molar-refractivity contribution in [2.45, 2.75) is 32.3 Å². The van der Waals surface area contributed by atoms with E-state index >= 15 is 0 Å². The van der Waals surface area contributed by atoms with Crippen molar-refractivity contribution >= 4 is 15.9 Å². The summed E-state index contributed by atoms with van der Waals surface area (Å²) in [6.45, 7) is 6.85. The standard InChI is InChI=1S/C13H19BrO2/c1-13(2,3)10-4-6-12(7-5-10)16-9-11(15)8-14/h4-7,11,15H,8-9H2,1-3H3/t11-/m0/s1. The second-order valence-electron chi connectivity index (χ2n) is 4.89. The second kappa shape index (κ2) is 5.69. The molecule has 0 aliphatic rings. The largest absolute Gasteiger partial charge is 0.491 e. The van der Waals surface area contributed by atoms with Gasteiger partial charge in [-0.25, -0.2) is 0 Å². The molecule has 0 aliphatic heterocycles. The summed E-state index contributed by atoms with van der Waals surface area (Å²) in [5.74, 6) is 0.799. The van der Waals surface area contributed by atoms with Crippen LogP contribution in [0.2, 0.25) is 0 Å². The lowest BCUT2D eigenvalue weighted by atomic mass is 9.87. The molecule has 0 saturated heterocycles. The molecule has 1 aromatic carbocycles. The van der Waals surface area contributed by atoms with Gasteiger partial charge in [-0.3, -0.25) is 0 Å². The highest BCUT2D eigenvalue weighted by molar-refractivity contribution is 9.09. The molecule has 0 aromatic heterocycles. The molecule has 1 rings (SSSR count). The molecule has 0 fully saturated rings. The van der Waals surface area contributed by atoms with E-state index in [1.165, 1.54) is 5.56 Å². The smallest absolute Gasteiger partial charge is 0.119 e. The van der Waals surface area contributed by atoms with Crippen molar-refractivity contribution in [1.29, 1.82) is 0 Å². The Bertz CT molecular complexity index is 314. The van der Waals surface area contributed by atoms with Crippen LogP contribution in [0.3, 0.4) is 0 Å². The molecule has 0 spiro atoms. The average molecular weight is 287 g/mol. The third kappa shape index (κ3) is 4.14. The van der Waals surface area contributed by atoms with Crippen molar-refractivity contribution < 1.29 is 9.84 Å². The first-order valence-corrected chi connectivity index (χ1v) is 6.53. The molecule has 16 heavy (non-hydrogen) atoms. The third-order valence-corrected chi connectivity index (χ3v) is 3.09. The number of hydrogen-bond acceptors (Lipinski definition) is 2. The van der Waals surface area contributed by atoms with E-state index in [0.29, 0.717) is 11.9 Å². The Hall–Kier alpha value is -0.540. The van der Waals surface area contributed by atoms with Crippen molar-refractivity contribution in [2.24, 2.45) is 0 Å². The van der Waals surface area contributed by atoms with Gasteiger partial charge in [-0.15, -0.1) is 0 Å². The number of rotatable bonds is 4. The normalized spacial score (nSPS) is 13.6. The molecule has 0 heterocycles. The van der Waals surface area contributed by atoms with Crippen molar-refractivity contribution in [3.63, 3.8) is 0 Å². The van der Waals surface area contributed by atoms with E-state index in [9.17, 15) is 5.11 Å². The van der Waals surface area contributed by atoms with E-state index < -0.39 is 6.10 Å². The lowest BCUT2D eigenvalue weighted by Crippen LogP contribution is -2.18. The fourth-order valence-electron chi connectivity index (χ4n) is 1.29. The summed E-state index contributed by atoms with van der Waals surface area (Å²) < 4.78 is 5.45. The summed E-state index contributed by atoms with van der Waals surface area (Å²) in [4.78, 5) is 0. The Kier molecular flexibility index (Phi) is 4.81. The topological polar surface area (TPSA) is 29.5 Å². The maximum Gasteiger partial charge on any atom is 0.119 e. The fraction of sp³-hybridized carbons (Fsp3) is 0.538. The molecule has 0 unspecified atom stereocenters. The van der Waals surface area contributed by atoms with Crippen LogP contribution in [-0.2, 0) is 5.41 Å². The van der Waals surface area contributed by atoms with Gasteiger partial charge in [-0.2, -0.15) is 0 Å². The van der Waals surface area contributed by atoms with Gasteiger partial charge >= 0.3 is 0 Å². The highest BCUT2D eigenvalue weighted by Gasteiger charge is 2.13. The Morgan fingerprint density at radius 2 is 1.81 bits per heavy atom. The van der Waals surface area contributed by atoms with Crippen molar-refractivity contribution in [3.05, 3.63) is 29.8 Å². The van der Waals surface area contributed by atoms with Gasteiger partial charge in [-0.05, 0) is 23.1 Å². The molecule has 0 aliphatic carbocycles. The van der Waals surface area contributed by atoms with Gasteiger partial charge in [0.05, 0.1) is 6.10 Å². The zero-order valence-corrected chi connectivity index (χ0v) is 11.6. The minimum Gasteiger partial charge on any atom is -0.491 e. The number of halogens is 1. The van der Waals surface area contributed by atoms with E-state index in [-0.39, 0.29) is 5.41 Å². The monoisotopic (exact) mass is 286 g/mol. The summed E-state index contributed by atoms with van der Waals surface area (Å²) in [5.41, 5.74) is 1.44. The minimum absolute atomic E-state index is 0.161. The van der Waals surface area contributed by atoms with Crippen LogP contribution in [0.5, 0.6) is 5.75 Å². The Morgan fingerprint density at radius 3 is 2.25 bits per heavy atom. The molecule has 3 heteroatoms. The maximum atomic E-state index is 9.33. The Balaban J connectivity index is 2.58. The molecule has 0 bridgehead atoms. The molecule has 0 saturated carbocycles. The summed E-state index contributed by atoms with van der Waals surface area (Å²) in [6.07, 6.45) is -0.456. The van der Waals surface area contributed by atoms with Gasteiger partial charge < -0.3 is 9.84 Å². The highest BCUT2D eigenvalue weighted by Crippen LogP contribution is 2.24. The van der Waals surface area contributed by atoms with Crippen molar-refractivity contribution in [3.8, 4) is 5.75 Å². The number of hydrogen-bond donors (Lipinski definition) is 1. The number of aliphatic hydroxyl groups is 1. The summed E-state index contributed by atoms with van der Waals surface area (Å²) in [7, 11) is 0. The lowest BCUT2D eigenvalue weighted by Gasteiger charge is -2.19. The minimum atomic E-state index is -0.456. The second-order valence-corrected chi connectivity index (χ2v) is 5.54. The van der Waals surface area contributed by atoms with E-state index in [1.807, 2.05) is 12.1 Å². The van der Waals surface area contributed by atoms with Crippen molar-refractivity contribution in [1.82, 2.24) is 0 Å². The molecule has 0 radical (unpaired) electrons. The highest BCUT2D eigenvalue weighted by atomic mass is 79.9. The van der Waals surface area contributed by atoms with Crippen LogP contribution < -0.4 is 4.74 Å². The van der Waals surface area contributed by atoms with Gasteiger partial charge in [0, 0.05) is 5.33 Å². The van der Waals surface area contributed by atoms with Gasteiger partial charge in [0.15, 0.2) is 0 Å². The molecule has 1 atom stereocenters. The average Bonchev–Trinajstić information content (AvgIpc) is 2.25. The van der Waals surface area contributed by atoms with Crippen LogP contribution in [0.15, 0.2) is 24.3 Å². The van der Waals surface area contributed by atoms with E-state index in [0.717, 1.165) is 5.75 Å². The van der Waals surface area contributed by atoms with E-state index in [4.69, 9.17) is 4.74 Å². The van der Waals surface area contributed by atoms with E-state index in [1.54, 1.807) is 0 Å². The number of ether oxygens (including phenoxy) is 1. The zero-order chi connectivity index (χ0) is 12.2.